The molecule has 2 N–H and O–H groups in total. The van der Waals surface area contributed by atoms with Crippen molar-refractivity contribution in [3.05, 3.63) is 42.0 Å². The molecule has 8 heteroatoms. The second-order valence-corrected chi connectivity index (χ2v) is 5.92. The van der Waals surface area contributed by atoms with Crippen molar-refractivity contribution in [1.29, 1.82) is 0 Å². The molecule has 1 unspecified atom stereocenters. The number of hydrogen-bond acceptors (Lipinski definition) is 4. The molecular formula is C18H24FIN4O2. The summed E-state index contributed by atoms with van der Waals surface area (Å²) in [5.41, 5.74) is 1.59. The van der Waals surface area contributed by atoms with E-state index >= 15 is 0 Å². The Labute approximate surface area is 169 Å². The highest BCUT2D eigenvalue weighted by Gasteiger charge is 2.15. The van der Waals surface area contributed by atoms with E-state index in [1.807, 2.05) is 0 Å². The molecule has 1 aliphatic heterocycles. The Hall–Kier alpha value is -1.68. The van der Waals surface area contributed by atoms with Gasteiger partial charge >= 0.3 is 0 Å². The summed E-state index contributed by atoms with van der Waals surface area (Å²) >= 11 is 0. The molecule has 0 radical (unpaired) electrons. The van der Waals surface area contributed by atoms with E-state index in [1.54, 1.807) is 25.4 Å². The lowest BCUT2D eigenvalue weighted by Crippen LogP contribution is -2.41. The van der Waals surface area contributed by atoms with Crippen molar-refractivity contribution in [2.45, 2.75) is 25.4 Å². The molecule has 3 rings (SSSR count). The fraction of sp³-hybridized carbons (Fsp3) is 0.444. The maximum absolute atomic E-state index is 13.0. The molecule has 0 bridgehead atoms. The van der Waals surface area contributed by atoms with Gasteiger partial charge in [0.05, 0.1) is 11.8 Å². The first kappa shape index (κ1) is 20.6. The minimum absolute atomic E-state index is 0. The lowest BCUT2D eigenvalue weighted by Gasteiger charge is -2.14. The second-order valence-electron chi connectivity index (χ2n) is 5.92. The number of halogens is 2. The monoisotopic (exact) mass is 474 g/mol. The van der Waals surface area contributed by atoms with Crippen LogP contribution in [0.25, 0.3) is 11.5 Å². The molecule has 1 atom stereocenters. The first-order valence-electron chi connectivity index (χ1n) is 8.51. The zero-order valence-corrected chi connectivity index (χ0v) is 17.0. The molecule has 1 saturated heterocycles. The average molecular weight is 474 g/mol. The fourth-order valence-electron chi connectivity index (χ4n) is 2.69. The molecule has 1 fully saturated rings. The van der Waals surface area contributed by atoms with Gasteiger partial charge in [-0.1, -0.05) is 0 Å². The van der Waals surface area contributed by atoms with Crippen molar-refractivity contribution in [1.82, 2.24) is 15.6 Å². The Bertz CT molecular complexity index is 699. The van der Waals surface area contributed by atoms with E-state index in [1.165, 1.54) is 12.1 Å². The number of hydrogen-bond donors (Lipinski definition) is 2. The lowest BCUT2D eigenvalue weighted by atomic mass is 10.2. The number of rotatable bonds is 6. The van der Waals surface area contributed by atoms with Gasteiger partial charge in [0.15, 0.2) is 5.96 Å². The van der Waals surface area contributed by atoms with Crippen LogP contribution >= 0.6 is 24.0 Å². The molecule has 1 aromatic heterocycles. The summed E-state index contributed by atoms with van der Waals surface area (Å²) in [6.45, 7) is 2.29. The summed E-state index contributed by atoms with van der Waals surface area (Å²) in [4.78, 5) is 8.63. The van der Waals surface area contributed by atoms with E-state index in [0.29, 0.717) is 18.9 Å². The van der Waals surface area contributed by atoms with Gasteiger partial charge in [0, 0.05) is 38.7 Å². The summed E-state index contributed by atoms with van der Waals surface area (Å²) in [7, 11) is 1.74. The number of nitrogens with one attached hydrogen (secondary N) is 2. The van der Waals surface area contributed by atoms with Crippen molar-refractivity contribution in [3.63, 3.8) is 0 Å². The Morgan fingerprint density at radius 3 is 2.81 bits per heavy atom. The molecule has 142 valence electrons. The van der Waals surface area contributed by atoms with Gasteiger partial charge < -0.3 is 19.8 Å². The number of oxazole rings is 1. The van der Waals surface area contributed by atoms with E-state index in [-0.39, 0.29) is 35.9 Å². The summed E-state index contributed by atoms with van der Waals surface area (Å²) < 4.78 is 24.0. The SMILES string of the molecule is CN=C(NCCc1coc(-c2ccc(F)cc2)n1)NCC1CCCO1.I. The molecule has 0 aliphatic carbocycles. The first-order valence-corrected chi connectivity index (χ1v) is 8.51. The van der Waals surface area contributed by atoms with E-state index in [9.17, 15) is 4.39 Å². The predicted molar refractivity (Wildman–Crippen MR) is 109 cm³/mol. The third-order valence-corrected chi connectivity index (χ3v) is 4.06. The average Bonchev–Trinajstić information content (AvgIpc) is 3.30. The summed E-state index contributed by atoms with van der Waals surface area (Å²) in [6.07, 6.45) is 4.82. The van der Waals surface area contributed by atoms with Crippen molar-refractivity contribution < 1.29 is 13.5 Å². The molecule has 0 saturated carbocycles. The number of nitrogens with zero attached hydrogens (tertiary/aromatic N) is 2. The van der Waals surface area contributed by atoms with Crippen molar-refractivity contribution in [2.24, 2.45) is 4.99 Å². The number of aromatic nitrogens is 1. The molecule has 0 amide bonds. The topological polar surface area (TPSA) is 71.7 Å². The number of benzene rings is 1. The van der Waals surface area contributed by atoms with Gasteiger partial charge in [-0.3, -0.25) is 4.99 Å². The number of aliphatic imine (C=N–C) groups is 1. The fourth-order valence-corrected chi connectivity index (χ4v) is 2.69. The van der Waals surface area contributed by atoms with E-state index in [4.69, 9.17) is 9.15 Å². The second kappa shape index (κ2) is 10.5. The van der Waals surface area contributed by atoms with Crippen LogP contribution in [0.3, 0.4) is 0 Å². The summed E-state index contributed by atoms with van der Waals surface area (Å²) in [6, 6.07) is 6.09. The molecule has 6 nitrogen and oxygen atoms in total. The Morgan fingerprint density at radius 1 is 1.31 bits per heavy atom. The van der Waals surface area contributed by atoms with Crippen LogP contribution in [-0.4, -0.2) is 43.8 Å². The van der Waals surface area contributed by atoms with Crippen molar-refractivity contribution in [2.75, 3.05) is 26.7 Å². The van der Waals surface area contributed by atoms with Gasteiger partial charge in [0.2, 0.25) is 5.89 Å². The normalized spacial score (nSPS) is 17.0. The van der Waals surface area contributed by atoms with Crippen LogP contribution < -0.4 is 10.6 Å². The Morgan fingerprint density at radius 2 is 2.12 bits per heavy atom. The summed E-state index contributed by atoms with van der Waals surface area (Å²) in [5, 5.41) is 6.52. The maximum atomic E-state index is 13.0. The molecule has 2 aromatic rings. The minimum Gasteiger partial charge on any atom is -0.444 e. The van der Waals surface area contributed by atoms with E-state index in [2.05, 4.69) is 20.6 Å². The molecule has 1 aliphatic rings. The molecule has 2 heterocycles. The molecule has 1 aromatic carbocycles. The standard InChI is InChI=1S/C18H23FN4O2.HI/c1-20-18(22-11-16-3-2-10-24-16)21-9-8-15-12-25-17(23-15)13-4-6-14(19)7-5-13;/h4-7,12,16H,2-3,8-11H2,1H3,(H2,20,21,22);1H. The van der Waals surface area contributed by atoms with Crippen LogP contribution in [-0.2, 0) is 11.2 Å². The van der Waals surface area contributed by atoms with Crippen LogP contribution in [0.1, 0.15) is 18.5 Å². The molecular weight excluding hydrogens is 450 g/mol. The zero-order valence-electron chi connectivity index (χ0n) is 14.7. The van der Waals surface area contributed by atoms with Crippen LogP contribution in [0.15, 0.2) is 39.9 Å². The van der Waals surface area contributed by atoms with E-state index < -0.39 is 0 Å². The van der Waals surface area contributed by atoms with Crippen LogP contribution in [0.4, 0.5) is 4.39 Å². The van der Waals surface area contributed by atoms with Crippen molar-refractivity contribution in [3.8, 4) is 11.5 Å². The lowest BCUT2D eigenvalue weighted by molar-refractivity contribution is 0.114. The highest BCUT2D eigenvalue weighted by Crippen LogP contribution is 2.19. The third kappa shape index (κ3) is 5.94. The Kier molecular flexibility index (Phi) is 8.30. The number of ether oxygens (including phenoxy) is 1. The molecule has 0 spiro atoms. The van der Waals surface area contributed by atoms with Crippen molar-refractivity contribution >= 4 is 29.9 Å². The maximum Gasteiger partial charge on any atom is 0.226 e. The first-order chi connectivity index (χ1) is 12.2. The quantitative estimate of drug-likeness (QED) is 0.383. The van der Waals surface area contributed by atoms with E-state index in [0.717, 1.165) is 43.2 Å². The van der Waals surface area contributed by atoms with Gasteiger partial charge in [-0.15, -0.1) is 24.0 Å². The third-order valence-electron chi connectivity index (χ3n) is 4.06. The van der Waals surface area contributed by atoms with Gasteiger partial charge in [-0.05, 0) is 37.1 Å². The zero-order chi connectivity index (χ0) is 17.5. The van der Waals surface area contributed by atoms with Gasteiger partial charge in [-0.2, -0.15) is 0 Å². The minimum atomic E-state index is -0.276. The van der Waals surface area contributed by atoms with Gasteiger partial charge in [-0.25, -0.2) is 9.37 Å². The van der Waals surface area contributed by atoms with Crippen LogP contribution in [0.2, 0.25) is 0 Å². The molecule has 26 heavy (non-hydrogen) atoms. The Balaban J connectivity index is 0.00000243. The summed E-state index contributed by atoms with van der Waals surface area (Å²) in [5.74, 6) is 0.968. The van der Waals surface area contributed by atoms with Crippen LogP contribution in [0, 0.1) is 5.82 Å². The van der Waals surface area contributed by atoms with Crippen LogP contribution in [0.5, 0.6) is 0 Å². The van der Waals surface area contributed by atoms with Gasteiger partial charge in [0.25, 0.3) is 0 Å². The predicted octanol–water partition coefficient (Wildman–Crippen LogP) is 2.99. The highest BCUT2D eigenvalue weighted by atomic mass is 127. The van der Waals surface area contributed by atoms with Gasteiger partial charge in [0.1, 0.15) is 12.1 Å². The highest BCUT2D eigenvalue weighted by molar-refractivity contribution is 14.0. The smallest absolute Gasteiger partial charge is 0.226 e. The number of guanidine groups is 1. The largest absolute Gasteiger partial charge is 0.444 e.